The van der Waals surface area contributed by atoms with Crippen molar-refractivity contribution >= 4 is 5.91 Å². The van der Waals surface area contributed by atoms with Crippen LogP contribution in [0.4, 0.5) is 0 Å². The molecule has 19 heavy (non-hydrogen) atoms. The zero-order valence-electron chi connectivity index (χ0n) is 11.1. The van der Waals surface area contributed by atoms with E-state index in [1.54, 1.807) is 7.05 Å². The number of hydrogen-bond acceptors (Lipinski definition) is 4. The first-order valence-corrected chi connectivity index (χ1v) is 6.31. The number of aromatic nitrogens is 2. The van der Waals surface area contributed by atoms with Crippen molar-refractivity contribution in [1.29, 1.82) is 0 Å². The van der Waals surface area contributed by atoms with Crippen LogP contribution in [0.1, 0.15) is 19.3 Å². The molecule has 1 amide bonds. The lowest BCUT2D eigenvalue weighted by Crippen LogP contribution is -2.39. The molecule has 0 spiro atoms. The van der Waals surface area contributed by atoms with Crippen LogP contribution < -0.4 is 22.3 Å². The highest BCUT2D eigenvalue weighted by Gasteiger charge is 2.05. The fourth-order valence-electron chi connectivity index (χ4n) is 1.72. The van der Waals surface area contributed by atoms with Crippen molar-refractivity contribution < 1.29 is 4.79 Å². The van der Waals surface area contributed by atoms with Crippen molar-refractivity contribution in [3.05, 3.63) is 33.1 Å². The quantitative estimate of drug-likeness (QED) is 0.654. The zero-order valence-corrected chi connectivity index (χ0v) is 11.1. The Morgan fingerprint density at radius 2 is 2.05 bits per heavy atom. The Labute approximate surface area is 111 Å². The number of rotatable bonds is 7. The van der Waals surface area contributed by atoms with Gasteiger partial charge in [-0.1, -0.05) is 0 Å². The number of amides is 1. The monoisotopic (exact) mass is 268 g/mol. The maximum absolute atomic E-state index is 12.0. The minimum Gasteiger partial charge on any atom is -0.359 e. The van der Waals surface area contributed by atoms with Gasteiger partial charge in [0.25, 0.3) is 5.56 Å². The van der Waals surface area contributed by atoms with Gasteiger partial charge in [-0.25, -0.2) is 4.79 Å². The predicted octanol–water partition coefficient (Wildman–Crippen LogP) is -1.11. The first-order valence-electron chi connectivity index (χ1n) is 6.31. The molecule has 0 saturated heterocycles. The van der Waals surface area contributed by atoms with Crippen LogP contribution in [0, 0.1) is 0 Å². The first-order chi connectivity index (χ1) is 9.10. The lowest BCUT2D eigenvalue weighted by Gasteiger charge is -2.09. The van der Waals surface area contributed by atoms with E-state index in [-0.39, 0.29) is 17.2 Å². The van der Waals surface area contributed by atoms with E-state index in [1.807, 2.05) is 0 Å². The van der Waals surface area contributed by atoms with E-state index in [1.165, 1.54) is 21.4 Å². The van der Waals surface area contributed by atoms with E-state index in [2.05, 4.69) is 5.32 Å². The normalized spacial score (nSPS) is 10.4. The van der Waals surface area contributed by atoms with Crippen LogP contribution in [0.2, 0.25) is 0 Å². The minimum atomic E-state index is -0.349. The second-order valence-corrected chi connectivity index (χ2v) is 4.20. The summed E-state index contributed by atoms with van der Waals surface area (Å²) in [5, 5.41) is 2.52. The van der Waals surface area contributed by atoms with Crippen molar-refractivity contribution in [2.24, 2.45) is 5.73 Å². The molecule has 106 valence electrons. The fraction of sp³-hybridized carbons (Fsp3) is 0.583. The number of carbonyl (C=O) groups is 1. The summed E-state index contributed by atoms with van der Waals surface area (Å²) in [5.74, 6) is -0.0653. The summed E-state index contributed by atoms with van der Waals surface area (Å²) >= 11 is 0. The van der Waals surface area contributed by atoms with E-state index >= 15 is 0 Å². The summed E-state index contributed by atoms with van der Waals surface area (Å²) in [6.45, 7) is 1.16. The van der Waals surface area contributed by atoms with E-state index in [0.717, 1.165) is 0 Å². The van der Waals surface area contributed by atoms with Crippen molar-refractivity contribution in [2.45, 2.75) is 32.4 Å². The summed E-state index contributed by atoms with van der Waals surface area (Å²) < 4.78 is 2.62. The van der Waals surface area contributed by atoms with Crippen LogP contribution in [-0.4, -0.2) is 28.6 Å². The third-order valence-corrected chi connectivity index (χ3v) is 2.81. The van der Waals surface area contributed by atoms with Crippen LogP contribution >= 0.6 is 0 Å². The highest BCUT2D eigenvalue weighted by atomic mass is 16.2. The van der Waals surface area contributed by atoms with Gasteiger partial charge >= 0.3 is 5.69 Å². The number of nitrogens with two attached hydrogens (primary N) is 1. The van der Waals surface area contributed by atoms with Gasteiger partial charge in [0.2, 0.25) is 5.91 Å². The van der Waals surface area contributed by atoms with Crippen molar-refractivity contribution in [2.75, 3.05) is 13.6 Å². The second-order valence-electron chi connectivity index (χ2n) is 4.20. The number of nitrogens with one attached hydrogen (secondary N) is 1. The third kappa shape index (κ3) is 4.36. The van der Waals surface area contributed by atoms with Crippen molar-refractivity contribution in [3.8, 4) is 0 Å². The van der Waals surface area contributed by atoms with E-state index < -0.39 is 0 Å². The Hall–Kier alpha value is -1.89. The minimum absolute atomic E-state index is 0.0653. The van der Waals surface area contributed by atoms with Crippen molar-refractivity contribution in [3.63, 3.8) is 0 Å². The van der Waals surface area contributed by atoms with Crippen LogP contribution in [0.25, 0.3) is 0 Å². The summed E-state index contributed by atoms with van der Waals surface area (Å²) in [6.07, 6.45) is 2.95. The lowest BCUT2D eigenvalue weighted by molar-refractivity contribution is -0.120. The number of carbonyl (C=O) groups excluding carboxylic acids is 1. The Balaban J connectivity index is 2.77. The molecule has 3 N–H and O–H groups in total. The van der Waals surface area contributed by atoms with Gasteiger partial charge in [-0.3, -0.25) is 14.2 Å². The maximum Gasteiger partial charge on any atom is 0.330 e. The third-order valence-electron chi connectivity index (χ3n) is 2.81. The highest BCUT2D eigenvalue weighted by molar-refractivity contribution is 5.75. The SMILES string of the molecule is CNC(=O)CCCn1ccc(=O)n(CCCN)c1=O. The van der Waals surface area contributed by atoms with Gasteiger partial charge in [0.15, 0.2) is 0 Å². The summed E-state index contributed by atoms with van der Waals surface area (Å²) in [5.41, 5.74) is 4.71. The van der Waals surface area contributed by atoms with Gasteiger partial charge in [0, 0.05) is 38.8 Å². The molecule has 1 aromatic heterocycles. The lowest BCUT2D eigenvalue weighted by atomic mass is 10.3. The molecule has 0 fully saturated rings. The predicted molar refractivity (Wildman–Crippen MR) is 71.9 cm³/mol. The van der Waals surface area contributed by atoms with Gasteiger partial charge in [-0.15, -0.1) is 0 Å². The molecule has 0 atom stereocenters. The number of aryl methyl sites for hydroxylation is 1. The van der Waals surface area contributed by atoms with Crippen LogP contribution in [-0.2, 0) is 17.9 Å². The molecule has 0 unspecified atom stereocenters. The molecular formula is C12H20N4O3. The average Bonchev–Trinajstić information content (AvgIpc) is 2.41. The van der Waals surface area contributed by atoms with E-state index in [4.69, 9.17) is 5.73 Å². The molecule has 7 heteroatoms. The van der Waals surface area contributed by atoms with Gasteiger partial charge in [-0.05, 0) is 19.4 Å². The zero-order chi connectivity index (χ0) is 14.3. The van der Waals surface area contributed by atoms with Gasteiger partial charge in [0.1, 0.15) is 0 Å². The maximum atomic E-state index is 12.0. The van der Waals surface area contributed by atoms with Crippen LogP contribution in [0.3, 0.4) is 0 Å². The summed E-state index contributed by atoms with van der Waals surface area (Å²) in [7, 11) is 1.57. The smallest absolute Gasteiger partial charge is 0.330 e. The van der Waals surface area contributed by atoms with E-state index in [0.29, 0.717) is 38.9 Å². The molecule has 1 rings (SSSR count). The average molecular weight is 268 g/mol. The molecule has 0 radical (unpaired) electrons. The molecule has 1 aromatic rings. The first kappa shape index (κ1) is 15.2. The Morgan fingerprint density at radius 1 is 1.32 bits per heavy atom. The standard InChI is InChI=1S/C12H20N4O3/c1-14-10(17)4-2-7-15-9-5-11(18)16(12(15)19)8-3-6-13/h5,9H,2-4,6-8,13H2,1H3,(H,14,17). The Kier molecular flexibility index (Phi) is 6.01. The molecule has 0 aromatic carbocycles. The summed E-state index contributed by atoms with van der Waals surface area (Å²) in [6, 6.07) is 1.36. The Bertz CT molecular complexity index is 533. The van der Waals surface area contributed by atoms with Gasteiger partial charge < -0.3 is 15.6 Å². The second kappa shape index (κ2) is 7.52. The highest BCUT2D eigenvalue weighted by Crippen LogP contribution is 1.92. The van der Waals surface area contributed by atoms with E-state index in [9.17, 15) is 14.4 Å². The largest absolute Gasteiger partial charge is 0.359 e. The Morgan fingerprint density at radius 3 is 2.68 bits per heavy atom. The fourth-order valence-corrected chi connectivity index (χ4v) is 1.72. The molecule has 0 bridgehead atoms. The molecular weight excluding hydrogens is 248 g/mol. The van der Waals surface area contributed by atoms with Crippen molar-refractivity contribution in [1.82, 2.24) is 14.5 Å². The van der Waals surface area contributed by atoms with Gasteiger partial charge in [-0.2, -0.15) is 0 Å². The van der Waals surface area contributed by atoms with Crippen LogP contribution in [0.5, 0.6) is 0 Å². The number of hydrogen-bond donors (Lipinski definition) is 2. The summed E-state index contributed by atoms with van der Waals surface area (Å²) in [4.78, 5) is 34.7. The number of nitrogens with zero attached hydrogens (tertiary/aromatic N) is 2. The molecule has 0 aliphatic carbocycles. The molecule has 1 heterocycles. The molecule has 0 saturated carbocycles. The topological polar surface area (TPSA) is 99.1 Å². The molecule has 0 aliphatic rings. The van der Waals surface area contributed by atoms with Gasteiger partial charge in [0.05, 0.1) is 0 Å². The molecule has 7 nitrogen and oxygen atoms in total. The molecule has 0 aliphatic heterocycles. The van der Waals surface area contributed by atoms with Crippen LogP contribution in [0.15, 0.2) is 21.9 Å².